The van der Waals surface area contributed by atoms with E-state index in [-0.39, 0.29) is 5.92 Å². The Morgan fingerprint density at radius 2 is 2.38 bits per heavy atom. The molecule has 1 aliphatic rings. The molecule has 3 atom stereocenters. The number of hydrogen-bond donors (Lipinski definition) is 2. The summed E-state index contributed by atoms with van der Waals surface area (Å²) in [6, 6.07) is 0. The van der Waals surface area contributed by atoms with Crippen molar-refractivity contribution in [3.05, 3.63) is 0 Å². The number of rotatable bonds is 3. The van der Waals surface area contributed by atoms with Crippen molar-refractivity contribution in [2.24, 2.45) is 17.6 Å². The average Bonchev–Trinajstić information content (AvgIpc) is 2.35. The van der Waals surface area contributed by atoms with Crippen LogP contribution in [0.15, 0.2) is 0 Å². The van der Waals surface area contributed by atoms with E-state index in [1.165, 1.54) is 0 Å². The van der Waals surface area contributed by atoms with Gasteiger partial charge >= 0.3 is 5.97 Å². The molecule has 3 N–H and O–H groups in total. The van der Waals surface area contributed by atoms with Gasteiger partial charge in [0.05, 0.1) is 7.85 Å². The predicted molar refractivity (Wildman–Crippen MR) is 51.6 cm³/mol. The van der Waals surface area contributed by atoms with Gasteiger partial charge < -0.3 is 10.8 Å². The third kappa shape index (κ3) is 1.73. The fourth-order valence-corrected chi connectivity index (χ4v) is 2.23. The number of hydrogen-bond acceptors (Lipinski definition) is 2. The van der Waals surface area contributed by atoms with Crippen molar-refractivity contribution in [1.29, 1.82) is 0 Å². The molecule has 0 amide bonds. The minimum Gasteiger partial charge on any atom is -0.480 e. The molecular weight excluding hydrogens is 165 g/mol. The van der Waals surface area contributed by atoms with E-state index in [4.69, 9.17) is 18.7 Å². The maximum atomic E-state index is 10.9. The van der Waals surface area contributed by atoms with Gasteiger partial charge in [0, 0.05) is 0 Å². The molecule has 1 aliphatic carbocycles. The van der Waals surface area contributed by atoms with Crippen LogP contribution in [0.5, 0.6) is 0 Å². The van der Waals surface area contributed by atoms with Crippen LogP contribution >= 0.6 is 0 Å². The van der Waals surface area contributed by atoms with Gasteiger partial charge in [-0.25, -0.2) is 0 Å². The van der Waals surface area contributed by atoms with E-state index >= 15 is 0 Å². The first-order valence-electron chi connectivity index (χ1n) is 4.74. The molecule has 13 heavy (non-hydrogen) atoms. The van der Waals surface area contributed by atoms with Crippen LogP contribution in [0.25, 0.3) is 0 Å². The Morgan fingerprint density at radius 3 is 2.77 bits per heavy atom. The minimum absolute atomic E-state index is 0.0357. The van der Waals surface area contributed by atoms with Crippen LogP contribution in [0.1, 0.15) is 26.2 Å². The molecule has 2 radical (unpaired) electrons. The van der Waals surface area contributed by atoms with E-state index in [2.05, 4.69) is 0 Å². The molecule has 1 rings (SSSR count). The summed E-state index contributed by atoms with van der Waals surface area (Å²) < 4.78 is 0. The standard InChI is InChI=1S/C9H16BNO2/c1-6-7(3-5-10)2-4-9(6,11)8(12)13/h6-7H,2-5,11H2,1H3,(H,12,13)/t6-,7-,9?/m0/s1. The second-order valence-electron chi connectivity index (χ2n) is 4.01. The number of carboxylic acids is 1. The number of carbonyl (C=O) groups is 1. The van der Waals surface area contributed by atoms with Gasteiger partial charge in [-0.1, -0.05) is 19.7 Å². The van der Waals surface area contributed by atoms with E-state index in [1.54, 1.807) is 0 Å². The zero-order chi connectivity index (χ0) is 10.1. The molecule has 0 aromatic heterocycles. The summed E-state index contributed by atoms with van der Waals surface area (Å²) in [6.45, 7) is 1.92. The van der Waals surface area contributed by atoms with Crippen molar-refractivity contribution >= 4 is 13.8 Å². The lowest BCUT2D eigenvalue weighted by Gasteiger charge is -2.26. The zero-order valence-electron chi connectivity index (χ0n) is 7.99. The Morgan fingerprint density at radius 1 is 1.77 bits per heavy atom. The van der Waals surface area contributed by atoms with Gasteiger partial charge in [-0.3, -0.25) is 4.79 Å². The van der Waals surface area contributed by atoms with Crippen molar-refractivity contribution < 1.29 is 9.90 Å². The van der Waals surface area contributed by atoms with Crippen molar-refractivity contribution in [2.45, 2.75) is 38.0 Å². The van der Waals surface area contributed by atoms with E-state index < -0.39 is 11.5 Å². The maximum Gasteiger partial charge on any atom is 0.323 e. The maximum absolute atomic E-state index is 10.9. The van der Waals surface area contributed by atoms with Crippen LogP contribution < -0.4 is 5.73 Å². The van der Waals surface area contributed by atoms with Gasteiger partial charge in [0.2, 0.25) is 0 Å². The molecule has 0 aliphatic heterocycles. The first kappa shape index (κ1) is 10.6. The van der Waals surface area contributed by atoms with Gasteiger partial charge in [0.1, 0.15) is 5.54 Å². The number of nitrogens with two attached hydrogens (primary N) is 1. The fourth-order valence-electron chi connectivity index (χ4n) is 2.23. The molecule has 1 fully saturated rings. The Kier molecular flexibility index (Phi) is 3.01. The van der Waals surface area contributed by atoms with Gasteiger partial charge in [-0.05, 0) is 24.7 Å². The topological polar surface area (TPSA) is 63.3 Å². The van der Waals surface area contributed by atoms with Crippen LogP contribution in [0.2, 0.25) is 6.32 Å². The van der Waals surface area contributed by atoms with E-state index in [0.29, 0.717) is 18.7 Å². The number of aliphatic carboxylic acids is 1. The highest BCUT2D eigenvalue weighted by Crippen LogP contribution is 2.40. The third-order valence-corrected chi connectivity index (χ3v) is 3.38. The highest BCUT2D eigenvalue weighted by Gasteiger charge is 2.47. The Hall–Kier alpha value is -0.505. The van der Waals surface area contributed by atoms with Crippen molar-refractivity contribution in [3.8, 4) is 0 Å². The lowest BCUT2D eigenvalue weighted by Crippen LogP contribution is -2.51. The lowest BCUT2D eigenvalue weighted by atomic mass is 9.81. The monoisotopic (exact) mass is 181 g/mol. The summed E-state index contributed by atoms with van der Waals surface area (Å²) in [6.07, 6.45) is 2.97. The predicted octanol–water partition coefficient (Wildman–Crippen LogP) is 0.791. The molecule has 0 spiro atoms. The van der Waals surface area contributed by atoms with E-state index in [0.717, 1.165) is 12.8 Å². The summed E-state index contributed by atoms with van der Waals surface area (Å²) in [4.78, 5) is 10.9. The quantitative estimate of drug-likeness (QED) is 0.632. The molecule has 0 saturated heterocycles. The van der Waals surface area contributed by atoms with Crippen molar-refractivity contribution in [1.82, 2.24) is 0 Å². The molecule has 72 valence electrons. The Bertz CT molecular complexity index is 210. The average molecular weight is 181 g/mol. The lowest BCUT2D eigenvalue weighted by molar-refractivity contribution is -0.144. The van der Waals surface area contributed by atoms with Gasteiger partial charge in [0.15, 0.2) is 0 Å². The zero-order valence-corrected chi connectivity index (χ0v) is 7.99. The molecule has 0 aromatic rings. The molecule has 0 heterocycles. The van der Waals surface area contributed by atoms with Crippen LogP contribution in [-0.2, 0) is 4.79 Å². The number of carboxylic acid groups (broad SMARTS) is 1. The summed E-state index contributed by atoms with van der Waals surface area (Å²) >= 11 is 0. The molecule has 4 heteroatoms. The molecule has 1 saturated carbocycles. The SMILES string of the molecule is [B]CC[C@@H]1CCC(N)(C(=O)O)[C@H]1C. The van der Waals surface area contributed by atoms with Crippen molar-refractivity contribution in [2.75, 3.05) is 0 Å². The molecule has 3 nitrogen and oxygen atoms in total. The largest absolute Gasteiger partial charge is 0.480 e. The second-order valence-corrected chi connectivity index (χ2v) is 4.01. The normalized spacial score (nSPS) is 39.2. The van der Waals surface area contributed by atoms with Gasteiger partial charge in [-0.15, -0.1) is 0 Å². The van der Waals surface area contributed by atoms with Crippen LogP contribution in [-0.4, -0.2) is 24.5 Å². The third-order valence-electron chi connectivity index (χ3n) is 3.38. The molecule has 0 bridgehead atoms. The van der Waals surface area contributed by atoms with Crippen molar-refractivity contribution in [3.63, 3.8) is 0 Å². The first-order valence-corrected chi connectivity index (χ1v) is 4.74. The van der Waals surface area contributed by atoms with Crippen LogP contribution in [0.4, 0.5) is 0 Å². The molecule has 0 aromatic carbocycles. The van der Waals surface area contributed by atoms with Crippen LogP contribution in [0.3, 0.4) is 0 Å². The highest BCUT2D eigenvalue weighted by atomic mass is 16.4. The smallest absolute Gasteiger partial charge is 0.323 e. The summed E-state index contributed by atoms with van der Waals surface area (Å²) in [5.41, 5.74) is 4.81. The van der Waals surface area contributed by atoms with E-state index in [9.17, 15) is 4.79 Å². The Balaban J connectivity index is 2.69. The summed E-state index contributed by atoms with van der Waals surface area (Å²) in [7, 11) is 5.45. The summed E-state index contributed by atoms with van der Waals surface area (Å²) in [5, 5.41) is 8.97. The summed E-state index contributed by atoms with van der Waals surface area (Å²) in [5.74, 6) is -0.459. The highest BCUT2D eigenvalue weighted by molar-refractivity contribution is 6.08. The van der Waals surface area contributed by atoms with Gasteiger partial charge in [-0.2, -0.15) is 0 Å². The molecule has 1 unspecified atom stereocenters. The fraction of sp³-hybridized carbons (Fsp3) is 0.889. The minimum atomic E-state index is -1.01. The van der Waals surface area contributed by atoms with Gasteiger partial charge in [0.25, 0.3) is 0 Å². The van der Waals surface area contributed by atoms with E-state index in [1.807, 2.05) is 6.92 Å². The second kappa shape index (κ2) is 3.70. The molecular formula is C9H16BNO2. The Labute approximate surface area is 80.1 Å². The first-order chi connectivity index (χ1) is 6.02. The van der Waals surface area contributed by atoms with Crippen LogP contribution in [0, 0.1) is 11.8 Å².